The van der Waals surface area contributed by atoms with Crippen LogP contribution < -0.4 is 0 Å². The summed E-state index contributed by atoms with van der Waals surface area (Å²) < 4.78 is 5.89. The Kier molecular flexibility index (Phi) is 2.69. The number of benzene rings is 2. The molecule has 1 aliphatic rings. The van der Waals surface area contributed by atoms with Crippen LogP contribution in [0.5, 0.6) is 0 Å². The van der Waals surface area contributed by atoms with Crippen molar-refractivity contribution in [2.24, 2.45) is 0 Å². The van der Waals surface area contributed by atoms with E-state index in [1.54, 1.807) is 0 Å². The third kappa shape index (κ3) is 1.87. The van der Waals surface area contributed by atoms with Crippen molar-refractivity contribution < 1.29 is 4.74 Å². The zero-order valence-corrected chi connectivity index (χ0v) is 9.91. The number of ether oxygens (including phenoxy) is 1. The molecule has 1 fully saturated rings. The molecule has 0 amide bonds. The second kappa shape index (κ2) is 4.34. The van der Waals surface area contributed by atoms with E-state index in [1.807, 2.05) is 6.07 Å². The Morgan fingerprint density at radius 3 is 1.82 bits per heavy atom. The smallest absolute Gasteiger partial charge is 0.0922 e. The molecule has 17 heavy (non-hydrogen) atoms. The maximum absolute atomic E-state index is 5.89. The largest absolute Gasteiger partial charge is 0.369 e. The third-order valence-corrected chi connectivity index (χ3v) is 3.51. The van der Waals surface area contributed by atoms with Gasteiger partial charge in [-0.25, -0.2) is 0 Å². The van der Waals surface area contributed by atoms with Gasteiger partial charge >= 0.3 is 0 Å². The third-order valence-electron chi connectivity index (χ3n) is 3.51. The highest BCUT2D eigenvalue weighted by atomic mass is 16.5. The second-order valence-corrected chi connectivity index (χ2v) is 4.61. The predicted molar refractivity (Wildman–Crippen MR) is 68.9 cm³/mol. The summed E-state index contributed by atoms with van der Waals surface area (Å²) in [6.07, 6.45) is 0.524. The molecule has 0 radical (unpaired) electrons. The van der Waals surface area contributed by atoms with E-state index >= 15 is 0 Å². The summed E-state index contributed by atoms with van der Waals surface area (Å²) in [5.74, 6) is 0.485. The lowest BCUT2D eigenvalue weighted by molar-refractivity contribution is -0.142. The van der Waals surface area contributed by atoms with Crippen LogP contribution in [0.3, 0.4) is 0 Å². The Hall–Kier alpha value is -1.60. The van der Waals surface area contributed by atoms with Crippen LogP contribution in [0.15, 0.2) is 60.7 Å². The van der Waals surface area contributed by atoms with Gasteiger partial charge in [-0.2, -0.15) is 0 Å². The molecule has 0 saturated carbocycles. The quantitative estimate of drug-likeness (QED) is 0.751. The summed E-state index contributed by atoms with van der Waals surface area (Å²) in [6, 6.07) is 21.1. The van der Waals surface area contributed by atoms with Gasteiger partial charge in [0.25, 0.3) is 0 Å². The lowest BCUT2D eigenvalue weighted by Gasteiger charge is -2.44. The average Bonchev–Trinajstić information content (AvgIpc) is 2.38. The first-order chi connectivity index (χ1) is 8.36. The van der Waals surface area contributed by atoms with Crippen LogP contribution >= 0.6 is 0 Å². The topological polar surface area (TPSA) is 9.23 Å². The highest BCUT2D eigenvalue weighted by Gasteiger charge is 2.41. The molecule has 0 spiro atoms. The molecule has 1 nitrogen and oxygen atoms in total. The van der Waals surface area contributed by atoms with Crippen LogP contribution in [0.1, 0.15) is 30.1 Å². The number of rotatable bonds is 2. The first-order valence-electron chi connectivity index (χ1n) is 6.11. The standard InChI is InChI=1S/C16H16O/c1-12-15(13-8-4-2-5-9-13)16(17-12)14-10-6-3-7-11-14/h2-12,15-16H,1H3/t12-,15-,16-/m0/s1. The van der Waals surface area contributed by atoms with Gasteiger partial charge in [-0.3, -0.25) is 0 Å². The lowest BCUT2D eigenvalue weighted by Crippen LogP contribution is -2.38. The van der Waals surface area contributed by atoms with Crippen molar-refractivity contribution in [3.05, 3.63) is 71.8 Å². The maximum Gasteiger partial charge on any atom is 0.0922 e. The molecular weight excluding hydrogens is 208 g/mol. The van der Waals surface area contributed by atoms with E-state index in [1.165, 1.54) is 11.1 Å². The molecule has 1 heteroatoms. The molecule has 1 aliphatic heterocycles. The number of hydrogen-bond acceptors (Lipinski definition) is 1. The van der Waals surface area contributed by atoms with Crippen molar-refractivity contribution in [2.75, 3.05) is 0 Å². The number of hydrogen-bond donors (Lipinski definition) is 0. The van der Waals surface area contributed by atoms with Crippen molar-refractivity contribution in [3.63, 3.8) is 0 Å². The van der Waals surface area contributed by atoms with E-state index in [0.717, 1.165) is 0 Å². The highest BCUT2D eigenvalue weighted by Crippen LogP contribution is 2.47. The van der Waals surface area contributed by atoms with Crippen molar-refractivity contribution in [1.29, 1.82) is 0 Å². The summed E-state index contributed by atoms with van der Waals surface area (Å²) in [5, 5.41) is 0. The van der Waals surface area contributed by atoms with Gasteiger partial charge in [0.1, 0.15) is 0 Å². The molecule has 86 valence electrons. The molecule has 1 saturated heterocycles. The molecule has 0 N–H and O–H groups in total. The van der Waals surface area contributed by atoms with Gasteiger partial charge in [0.15, 0.2) is 0 Å². The minimum atomic E-state index is 0.216. The van der Waals surface area contributed by atoms with Crippen LogP contribution in [0.4, 0.5) is 0 Å². The van der Waals surface area contributed by atoms with Gasteiger partial charge in [0.2, 0.25) is 0 Å². The van der Waals surface area contributed by atoms with Crippen LogP contribution in [-0.2, 0) is 4.74 Å². The molecule has 0 aromatic heterocycles. The van der Waals surface area contributed by atoms with Gasteiger partial charge in [-0.05, 0) is 18.1 Å². The van der Waals surface area contributed by atoms with Gasteiger partial charge < -0.3 is 4.74 Å². The first kappa shape index (κ1) is 10.5. The molecule has 3 atom stereocenters. The van der Waals surface area contributed by atoms with Gasteiger partial charge in [0, 0.05) is 5.92 Å². The van der Waals surface area contributed by atoms with Crippen LogP contribution in [0.2, 0.25) is 0 Å². The van der Waals surface area contributed by atoms with Crippen LogP contribution in [0.25, 0.3) is 0 Å². The van der Waals surface area contributed by atoms with Crippen molar-refractivity contribution >= 4 is 0 Å². The zero-order valence-electron chi connectivity index (χ0n) is 9.91. The van der Waals surface area contributed by atoms with Crippen molar-refractivity contribution in [3.8, 4) is 0 Å². The van der Waals surface area contributed by atoms with E-state index < -0.39 is 0 Å². The molecule has 0 bridgehead atoms. The maximum atomic E-state index is 5.89. The van der Waals surface area contributed by atoms with Crippen molar-refractivity contribution in [2.45, 2.75) is 25.0 Å². The minimum absolute atomic E-state index is 0.216. The molecule has 0 unspecified atom stereocenters. The monoisotopic (exact) mass is 224 g/mol. The summed E-state index contributed by atoms with van der Waals surface area (Å²) in [6.45, 7) is 2.15. The Balaban J connectivity index is 1.89. The molecule has 2 aromatic rings. The molecule has 3 rings (SSSR count). The Bertz CT molecular complexity index is 477. The first-order valence-corrected chi connectivity index (χ1v) is 6.11. The van der Waals surface area contributed by atoms with Gasteiger partial charge in [0.05, 0.1) is 12.2 Å². The summed E-state index contributed by atoms with van der Waals surface area (Å²) in [5.41, 5.74) is 2.65. The Morgan fingerprint density at radius 2 is 1.29 bits per heavy atom. The zero-order chi connectivity index (χ0) is 11.7. The van der Waals surface area contributed by atoms with E-state index in [4.69, 9.17) is 4.74 Å². The van der Waals surface area contributed by atoms with E-state index in [0.29, 0.717) is 12.0 Å². The van der Waals surface area contributed by atoms with E-state index in [9.17, 15) is 0 Å². The fourth-order valence-electron chi connectivity index (χ4n) is 2.61. The average molecular weight is 224 g/mol. The summed E-state index contributed by atoms with van der Waals surface area (Å²) in [7, 11) is 0. The molecule has 0 aliphatic carbocycles. The molecular formula is C16H16O. The fraction of sp³-hybridized carbons (Fsp3) is 0.250. The highest BCUT2D eigenvalue weighted by molar-refractivity contribution is 5.30. The predicted octanol–water partition coefficient (Wildman–Crippen LogP) is 3.93. The minimum Gasteiger partial charge on any atom is -0.369 e. The van der Waals surface area contributed by atoms with Gasteiger partial charge in [-0.1, -0.05) is 60.7 Å². The van der Waals surface area contributed by atoms with Crippen LogP contribution in [-0.4, -0.2) is 6.10 Å². The fourth-order valence-corrected chi connectivity index (χ4v) is 2.61. The lowest BCUT2D eigenvalue weighted by atomic mass is 9.80. The Morgan fingerprint density at radius 1 is 0.765 bits per heavy atom. The molecule has 2 aromatic carbocycles. The molecule has 1 heterocycles. The van der Waals surface area contributed by atoms with E-state index in [-0.39, 0.29) is 6.10 Å². The van der Waals surface area contributed by atoms with E-state index in [2.05, 4.69) is 61.5 Å². The Labute approximate surface area is 102 Å². The summed E-state index contributed by atoms with van der Waals surface area (Å²) in [4.78, 5) is 0. The SMILES string of the molecule is C[C@@H]1O[C@@H](c2ccccc2)[C@@H]1c1ccccc1. The second-order valence-electron chi connectivity index (χ2n) is 4.61. The van der Waals surface area contributed by atoms with Crippen LogP contribution in [0, 0.1) is 0 Å². The summed E-state index contributed by atoms with van der Waals surface area (Å²) >= 11 is 0. The van der Waals surface area contributed by atoms with Gasteiger partial charge in [-0.15, -0.1) is 0 Å². The normalized spacial score (nSPS) is 27.5. The van der Waals surface area contributed by atoms with Crippen molar-refractivity contribution in [1.82, 2.24) is 0 Å².